The number of methoxy groups -OCH3 is 2. The molecule has 4 aliphatic carbocycles. The molecular formula is C37H58O15. The van der Waals surface area contributed by atoms with Crippen LogP contribution in [-0.4, -0.2) is 155 Å². The molecule has 19 unspecified atom stereocenters. The van der Waals surface area contributed by atoms with E-state index >= 15 is 0 Å². The molecule has 6 fully saturated rings. The Balaban J connectivity index is 1.03. The summed E-state index contributed by atoms with van der Waals surface area (Å²) in [6.07, 6.45) is -5.47. The average molecular weight is 743 g/mol. The summed E-state index contributed by atoms with van der Waals surface area (Å²) in [6.45, 7) is 3.50. The maximum Gasteiger partial charge on any atom is 0.331 e. The molecule has 2 saturated heterocycles. The highest BCUT2D eigenvalue weighted by Gasteiger charge is 2.70. The molecular weight excluding hydrogens is 684 g/mol. The normalized spacial score (nSPS) is 53.4. The van der Waals surface area contributed by atoms with E-state index in [1.54, 1.807) is 0 Å². The second-order valence-electron chi connectivity index (χ2n) is 16.9. The predicted octanol–water partition coefficient (Wildman–Crippen LogP) is -0.468. The van der Waals surface area contributed by atoms with Crippen molar-refractivity contribution in [2.24, 2.45) is 34.5 Å². The van der Waals surface area contributed by atoms with Crippen LogP contribution in [0.1, 0.15) is 65.2 Å². The van der Waals surface area contributed by atoms with Crippen LogP contribution in [0, 0.1) is 34.5 Å². The molecule has 7 aliphatic rings. The first kappa shape index (κ1) is 38.9. The van der Waals surface area contributed by atoms with E-state index in [-0.39, 0.29) is 41.8 Å². The van der Waals surface area contributed by atoms with Crippen molar-refractivity contribution < 1.29 is 73.7 Å². The van der Waals surface area contributed by atoms with Gasteiger partial charge < -0.3 is 68.9 Å². The topological polar surface area (TPSA) is 223 Å². The van der Waals surface area contributed by atoms with Crippen LogP contribution in [-0.2, 0) is 38.0 Å². The molecule has 3 heterocycles. The van der Waals surface area contributed by atoms with Gasteiger partial charge in [-0.2, -0.15) is 0 Å². The first-order valence-electron chi connectivity index (χ1n) is 19.0. The lowest BCUT2D eigenvalue weighted by atomic mass is 9.43. The number of rotatable bonds is 9. The van der Waals surface area contributed by atoms with E-state index in [1.807, 2.05) is 0 Å². The number of hydrogen-bond donors (Lipinski definition) is 7. The SMILES string of the molecule is COC1C(OC2CCC3(C)C(CCC4C3CCC3(C)C(C5=CC(=O)OC5)C(O)CC43O)C2)OC(CO)C(OC2OC(CO)C(O)C(O)C2O)C1OC. The maximum atomic E-state index is 12.6. The van der Waals surface area contributed by atoms with Crippen molar-refractivity contribution >= 4 is 5.97 Å². The predicted molar refractivity (Wildman–Crippen MR) is 178 cm³/mol. The van der Waals surface area contributed by atoms with E-state index in [2.05, 4.69) is 13.8 Å². The summed E-state index contributed by atoms with van der Waals surface area (Å²) in [6, 6.07) is 0. The lowest BCUT2D eigenvalue weighted by Crippen LogP contribution is -2.65. The number of hydrogen-bond acceptors (Lipinski definition) is 15. The molecule has 0 aromatic carbocycles. The van der Waals surface area contributed by atoms with Crippen LogP contribution < -0.4 is 0 Å². The Labute approximate surface area is 304 Å². The van der Waals surface area contributed by atoms with E-state index in [0.717, 1.165) is 50.5 Å². The number of ether oxygens (including phenoxy) is 7. The van der Waals surface area contributed by atoms with Gasteiger partial charge in [0.15, 0.2) is 12.6 Å². The smallest absolute Gasteiger partial charge is 0.331 e. The number of fused-ring (bicyclic) bond motifs is 5. The molecule has 296 valence electrons. The number of carbonyl (C=O) groups is 1. The van der Waals surface area contributed by atoms with Crippen LogP contribution in [0.25, 0.3) is 0 Å². The molecule has 0 aromatic rings. The molecule has 19 atom stereocenters. The highest BCUT2D eigenvalue weighted by atomic mass is 16.8. The molecule has 0 aromatic heterocycles. The van der Waals surface area contributed by atoms with E-state index in [4.69, 9.17) is 33.2 Å². The van der Waals surface area contributed by atoms with Crippen LogP contribution >= 0.6 is 0 Å². The molecule has 0 amide bonds. The molecule has 15 nitrogen and oxygen atoms in total. The van der Waals surface area contributed by atoms with Gasteiger partial charge in [0.05, 0.1) is 31.0 Å². The number of cyclic esters (lactones) is 1. The average Bonchev–Trinajstić information content (AvgIpc) is 3.63. The van der Waals surface area contributed by atoms with E-state index in [9.17, 15) is 40.5 Å². The molecule has 15 heteroatoms. The minimum atomic E-state index is -1.65. The van der Waals surface area contributed by atoms with Gasteiger partial charge in [0.1, 0.15) is 55.4 Å². The first-order chi connectivity index (χ1) is 24.7. The first-order valence-corrected chi connectivity index (χ1v) is 19.0. The van der Waals surface area contributed by atoms with Crippen LogP contribution in [0.2, 0.25) is 0 Å². The molecule has 0 bridgehead atoms. The molecule has 52 heavy (non-hydrogen) atoms. The van der Waals surface area contributed by atoms with Crippen LogP contribution in [0.3, 0.4) is 0 Å². The summed E-state index contributed by atoms with van der Waals surface area (Å²) < 4.78 is 41.4. The Morgan fingerprint density at radius 1 is 0.808 bits per heavy atom. The van der Waals surface area contributed by atoms with Gasteiger partial charge in [-0.15, -0.1) is 0 Å². The zero-order valence-electron chi connectivity index (χ0n) is 30.5. The fourth-order valence-corrected chi connectivity index (χ4v) is 11.9. The highest BCUT2D eigenvalue weighted by molar-refractivity contribution is 5.85. The summed E-state index contributed by atoms with van der Waals surface area (Å²) in [5.74, 6) is -0.0878. The minimum absolute atomic E-state index is 0.0243. The Hall–Kier alpha value is -1.31. The third-order valence-corrected chi connectivity index (χ3v) is 14.7. The molecule has 0 radical (unpaired) electrons. The van der Waals surface area contributed by atoms with Gasteiger partial charge >= 0.3 is 5.97 Å². The van der Waals surface area contributed by atoms with Gasteiger partial charge in [0.2, 0.25) is 0 Å². The zero-order chi connectivity index (χ0) is 37.3. The Kier molecular flexibility index (Phi) is 11.0. The van der Waals surface area contributed by atoms with Gasteiger partial charge in [-0.05, 0) is 73.7 Å². The largest absolute Gasteiger partial charge is 0.458 e. The van der Waals surface area contributed by atoms with Crippen LogP contribution in [0.5, 0.6) is 0 Å². The Morgan fingerprint density at radius 2 is 1.52 bits per heavy atom. The fraction of sp³-hybridized carbons (Fsp3) is 0.919. The molecule has 7 rings (SSSR count). The summed E-state index contributed by atoms with van der Waals surface area (Å²) in [5, 5.41) is 75.1. The van der Waals surface area contributed by atoms with Crippen molar-refractivity contribution in [3.8, 4) is 0 Å². The van der Waals surface area contributed by atoms with E-state index < -0.39 is 91.7 Å². The van der Waals surface area contributed by atoms with Crippen molar-refractivity contribution in [3.05, 3.63) is 11.6 Å². The number of aliphatic hydroxyl groups excluding tert-OH is 6. The Bertz CT molecular complexity index is 1330. The number of esters is 1. The monoisotopic (exact) mass is 742 g/mol. The van der Waals surface area contributed by atoms with Crippen molar-refractivity contribution in [1.82, 2.24) is 0 Å². The summed E-state index contributed by atoms with van der Waals surface area (Å²) in [7, 11) is 2.94. The summed E-state index contributed by atoms with van der Waals surface area (Å²) in [5.41, 5.74) is -0.874. The van der Waals surface area contributed by atoms with Crippen molar-refractivity contribution in [2.45, 2.75) is 144 Å². The van der Waals surface area contributed by atoms with Crippen molar-refractivity contribution in [3.63, 3.8) is 0 Å². The van der Waals surface area contributed by atoms with Gasteiger partial charge in [0.25, 0.3) is 0 Å². The molecule has 3 aliphatic heterocycles. The second-order valence-corrected chi connectivity index (χ2v) is 16.9. The van der Waals surface area contributed by atoms with Gasteiger partial charge in [-0.1, -0.05) is 13.8 Å². The Morgan fingerprint density at radius 3 is 2.17 bits per heavy atom. The molecule has 7 N–H and O–H groups in total. The van der Waals surface area contributed by atoms with Crippen LogP contribution in [0.4, 0.5) is 0 Å². The van der Waals surface area contributed by atoms with Crippen molar-refractivity contribution in [1.29, 1.82) is 0 Å². The number of carbonyl (C=O) groups excluding carboxylic acids is 1. The summed E-state index contributed by atoms with van der Waals surface area (Å²) >= 11 is 0. The van der Waals surface area contributed by atoms with Crippen molar-refractivity contribution in [2.75, 3.05) is 34.0 Å². The maximum absolute atomic E-state index is 12.6. The van der Waals surface area contributed by atoms with E-state index in [0.29, 0.717) is 12.3 Å². The number of aliphatic hydroxyl groups is 7. The third-order valence-electron chi connectivity index (χ3n) is 14.7. The third kappa shape index (κ3) is 6.10. The fourth-order valence-electron chi connectivity index (χ4n) is 11.9. The lowest BCUT2D eigenvalue weighted by molar-refractivity contribution is -0.368. The van der Waals surface area contributed by atoms with Gasteiger partial charge in [0, 0.05) is 38.0 Å². The van der Waals surface area contributed by atoms with Gasteiger partial charge in [-0.3, -0.25) is 0 Å². The second kappa shape index (κ2) is 14.6. The standard InChI is InChI=1S/C37H58O15/c1-35-9-7-19(12-18(35)5-6-21-20(35)8-10-36(2)26(17-11-25(41)48-16-17)22(40)13-37(21,36)45)49-34-32(47-4)31(46-3)30(24(15-39)51-34)52-33-29(44)28(43)27(42)23(14-38)50-33/h11,18-24,26-34,38-40,42-45H,5-10,12-16H2,1-4H3. The molecule has 4 saturated carbocycles. The highest BCUT2D eigenvalue weighted by Crippen LogP contribution is 2.70. The zero-order valence-corrected chi connectivity index (χ0v) is 30.5. The lowest BCUT2D eigenvalue weighted by Gasteiger charge is -2.63. The van der Waals surface area contributed by atoms with Crippen LogP contribution in [0.15, 0.2) is 11.6 Å². The van der Waals surface area contributed by atoms with Gasteiger partial charge in [-0.25, -0.2) is 4.79 Å². The minimum Gasteiger partial charge on any atom is -0.458 e. The molecule has 0 spiro atoms. The summed E-state index contributed by atoms with van der Waals surface area (Å²) in [4.78, 5) is 12.0. The van der Waals surface area contributed by atoms with E-state index in [1.165, 1.54) is 20.3 Å². The quantitative estimate of drug-likeness (QED) is 0.117.